The average molecular weight is 328 g/mol. The second kappa shape index (κ2) is 8.03. The van der Waals surface area contributed by atoms with Crippen LogP contribution in [0, 0.1) is 10.1 Å². The average Bonchev–Trinajstić information content (AvgIpc) is 2.29. The highest BCUT2D eigenvalue weighted by molar-refractivity contribution is 7.59. The lowest BCUT2D eigenvalue weighted by Gasteiger charge is -2.03. The maximum atomic E-state index is 11.0. The summed E-state index contributed by atoms with van der Waals surface area (Å²) in [7, 11) is -6.14. The number of nitrogens with zero attached hydrogens (tertiary/aromatic N) is 1. The highest BCUT2D eigenvalue weighted by Gasteiger charge is 2.64. The third kappa shape index (κ3) is 4.62. The summed E-state index contributed by atoms with van der Waals surface area (Å²) in [5.41, 5.74) is 5.62. The quantitative estimate of drug-likeness (QED) is 0.368. The van der Waals surface area contributed by atoms with Crippen molar-refractivity contribution in [2.45, 2.75) is 11.4 Å². The Balaban J connectivity index is 0. The number of benzene rings is 1. The van der Waals surface area contributed by atoms with E-state index in [-0.39, 0.29) is 23.1 Å². The molecule has 0 radical (unpaired) electrons. The minimum atomic E-state index is -3.07. The molecule has 1 rings (SSSR count). The van der Waals surface area contributed by atoms with Gasteiger partial charge in [0.05, 0.1) is 11.3 Å². The molecular weight excluding hydrogens is 314 g/mol. The third-order valence-electron chi connectivity index (χ3n) is 2.27. The van der Waals surface area contributed by atoms with Crippen molar-refractivity contribution in [3.8, 4) is 0 Å². The maximum Gasteiger partial charge on any atom is 0.585 e. The van der Waals surface area contributed by atoms with E-state index in [2.05, 4.69) is 0 Å². The first kappa shape index (κ1) is 20.9. The summed E-state index contributed by atoms with van der Waals surface area (Å²) < 4.78 is 22.0. The largest absolute Gasteiger partial charge is 0.585 e. The van der Waals surface area contributed by atoms with Crippen LogP contribution in [0.25, 0.3) is 0 Å². The van der Waals surface area contributed by atoms with E-state index in [1.165, 1.54) is 24.3 Å². The van der Waals surface area contributed by atoms with Crippen LogP contribution in [0.5, 0.6) is 0 Å². The van der Waals surface area contributed by atoms with Crippen molar-refractivity contribution < 1.29 is 34.8 Å². The zero-order chi connectivity index (χ0) is 13.9. The minimum absolute atomic E-state index is 0. The fourth-order valence-corrected chi connectivity index (χ4v) is 2.47. The van der Waals surface area contributed by atoms with Gasteiger partial charge in [-0.1, -0.05) is 12.1 Å². The van der Waals surface area contributed by atoms with Gasteiger partial charge in [0, 0.05) is 12.1 Å². The summed E-state index contributed by atoms with van der Waals surface area (Å²) in [4.78, 5) is 27.8. The summed E-state index contributed by atoms with van der Waals surface area (Å²) in [5.74, 6) is 0. The Kier molecular flexibility index (Phi) is 8.40. The van der Waals surface area contributed by atoms with E-state index >= 15 is 0 Å². The summed E-state index contributed by atoms with van der Waals surface area (Å²) in [6, 6.07) is 5.00. The van der Waals surface area contributed by atoms with Crippen molar-refractivity contribution in [3.63, 3.8) is 0 Å². The molecule has 2 unspecified atom stereocenters. The van der Waals surface area contributed by atoms with Crippen LogP contribution in [0.2, 0.25) is 0 Å². The molecule has 0 saturated heterocycles. The standard InChI is InChI=1S/C8H8N2O6P2.2H2O/c9-8(17(13)14,18(15)16)5-6-1-3-7(4-2-6)10(11)12;;/h1-4H,5,9H2;2*1H2/p+2. The zero-order valence-electron chi connectivity index (χ0n) is 9.96. The Hall–Kier alpha value is -1.38. The maximum absolute atomic E-state index is 11.0. The van der Waals surface area contributed by atoms with Gasteiger partial charge in [-0.15, -0.1) is 0 Å². The minimum Gasteiger partial charge on any atom is -0.412 e. The number of non-ortho nitro benzene ring substituents is 1. The molecule has 0 bridgehead atoms. The topological polar surface area (TPSA) is 207 Å². The van der Waals surface area contributed by atoms with Crippen molar-refractivity contribution in [3.05, 3.63) is 39.9 Å². The molecule has 0 aliphatic rings. The number of nitrogens with two attached hydrogens (primary N) is 1. The second-order valence-corrected chi connectivity index (χ2v) is 6.57. The first-order chi connectivity index (χ1) is 8.27. The van der Waals surface area contributed by atoms with Crippen molar-refractivity contribution >= 4 is 21.7 Å². The molecule has 20 heavy (non-hydrogen) atoms. The number of hydrogen-bond donors (Lipinski definition) is 3. The van der Waals surface area contributed by atoms with Crippen molar-refractivity contribution in [2.24, 2.45) is 5.73 Å². The van der Waals surface area contributed by atoms with E-state index in [0.29, 0.717) is 5.56 Å². The molecule has 12 heteroatoms. The third-order valence-corrected chi connectivity index (χ3v) is 4.94. The van der Waals surface area contributed by atoms with Gasteiger partial charge in [0.1, 0.15) is 0 Å². The highest BCUT2D eigenvalue weighted by atomic mass is 31.2. The summed E-state index contributed by atoms with van der Waals surface area (Å²) in [6.07, 6.45) is -0.331. The lowest BCUT2D eigenvalue weighted by molar-refractivity contribution is -0.384. The summed E-state index contributed by atoms with van der Waals surface area (Å²) >= 11 is 0. The first-order valence-corrected chi connectivity index (χ1v) is 7.04. The van der Waals surface area contributed by atoms with E-state index in [9.17, 15) is 19.2 Å². The van der Waals surface area contributed by atoms with E-state index in [1.807, 2.05) is 0 Å². The molecule has 0 fully saturated rings. The molecule has 1 aromatic rings. The molecule has 0 spiro atoms. The van der Waals surface area contributed by atoms with E-state index in [4.69, 9.17) is 15.5 Å². The van der Waals surface area contributed by atoms with Gasteiger partial charge in [-0.05, 0) is 14.7 Å². The molecule has 0 heterocycles. The van der Waals surface area contributed by atoms with Crippen molar-refractivity contribution in [1.82, 2.24) is 0 Å². The Bertz CT molecular complexity index is 492. The fraction of sp³-hybridized carbons (Fsp3) is 0.250. The Morgan fingerprint density at radius 3 is 1.85 bits per heavy atom. The van der Waals surface area contributed by atoms with Crippen molar-refractivity contribution in [2.75, 3.05) is 0 Å². The Morgan fingerprint density at radius 1 is 1.15 bits per heavy atom. The van der Waals surface area contributed by atoms with Crippen LogP contribution in [0.1, 0.15) is 5.56 Å². The van der Waals surface area contributed by atoms with Gasteiger partial charge in [0.15, 0.2) is 0 Å². The molecule has 0 aliphatic heterocycles. The molecular formula is C8H14N2O8P2+2. The molecule has 0 aromatic heterocycles. The molecule has 0 aliphatic carbocycles. The highest BCUT2D eigenvalue weighted by Crippen LogP contribution is 2.49. The molecule has 0 saturated carbocycles. The van der Waals surface area contributed by atoms with Gasteiger partial charge in [-0.3, -0.25) is 10.1 Å². The van der Waals surface area contributed by atoms with Gasteiger partial charge in [-0.25, -0.2) is 5.73 Å². The first-order valence-electron chi connectivity index (χ1n) is 4.62. The van der Waals surface area contributed by atoms with Crippen LogP contribution in [0.15, 0.2) is 24.3 Å². The predicted octanol–water partition coefficient (Wildman–Crippen LogP) is -0.430. The van der Waals surface area contributed by atoms with Gasteiger partial charge in [-0.2, -0.15) is 9.79 Å². The fourth-order valence-electron chi connectivity index (χ4n) is 1.24. The van der Waals surface area contributed by atoms with Crippen LogP contribution in [0.3, 0.4) is 0 Å². The lowest BCUT2D eigenvalue weighted by atomic mass is 10.1. The summed E-state index contributed by atoms with van der Waals surface area (Å²) in [5, 5.41) is 8.27. The van der Waals surface area contributed by atoms with Gasteiger partial charge < -0.3 is 11.0 Å². The van der Waals surface area contributed by atoms with E-state index < -0.39 is 26.0 Å². The molecule has 10 nitrogen and oxygen atoms in total. The van der Waals surface area contributed by atoms with Gasteiger partial charge >= 0.3 is 21.1 Å². The van der Waals surface area contributed by atoms with E-state index in [0.717, 1.165) is 0 Å². The van der Waals surface area contributed by atoms with Gasteiger partial charge in [0.2, 0.25) is 0 Å². The lowest BCUT2D eigenvalue weighted by Crippen LogP contribution is -2.34. The van der Waals surface area contributed by atoms with Gasteiger partial charge in [0.25, 0.3) is 5.69 Å². The molecule has 8 N–H and O–H groups in total. The number of hydrogen-bond acceptors (Lipinski definition) is 5. The van der Waals surface area contributed by atoms with Crippen LogP contribution < -0.4 is 5.73 Å². The van der Waals surface area contributed by atoms with Crippen LogP contribution in [-0.2, 0) is 15.6 Å². The van der Waals surface area contributed by atoms with Crippen LogP contribution in [0.4, 0.5) is 5.69 Å². The molecule has 112 valence electrons. The zero-order valence-corrected chi connectivity index (χ0v) is 11.8. The monoisotopic (exact) mass is 328 g/mol. The molecule has 0 amide bonds. The number of nitro benzene ring substituents is 1. The number of nitro groups is 1. The summed E-state index contributed by atoms with van der Waals surface area (Å²) in [6.45, 7) is 0. The second-order valence-electron chi connectivity index (χ2n) is 3.52. The number of rotatable bonds is 5. The molecule has 2 atom stereocenters. The van der Waals surface area contributed by atoms with Crippen LogP contribution >= 0.6 is 16.1 Å². The van der Waals surface area contributed by atoms with Crippen molar-refractivity contribution in [1.29, 1.82) is 0 Å². The SMILES string of the molecule is NC(Cc1ccc([N+](=O)[O-])cc1)([P+](=O)O)[P+](=O)O.O.O. The Labute approximate surface area is 114 Å². The molecule has 1 aromatic carbocycles. The Morgan fingerprint density at radius 2 is 1.55 bits per heavy atom. The normalized spacial score (nSPS) is 14.2. The van der Waals surface area contributed by atoms with E-state index in [1.54, 1.807) is 0 Å². The predicted molar refractivity (Wildman–Crippen MR) is 70.6 cm³/mol. The smallest absolute Gasteiger partial charge is 0.412 e. The van der Waals surface area contributed by atoms with Crippen LogP contribution in [-0.4, -0.2) is 30.7 Å².